The molecule has 1 aromatic carbocycles. The van der Waals surface area contributed by atoms with Gasteiger partial charge in [0.05, 0.1) is 25.3 Å². The van der Waals surface area contributed by atoms with Gasteiger partial charge in [0, 0.05) is 29.7 Å². The third kappa shape index (κ3) is 4.89. The number of amides is 1. The van der Waals surface area contributed by atoms with Gasteiger partial charge in [-0.25, -0.2) is 4.98 Å². The summed E-state index contributed by atoms with van der Waals surface area (Å²) in [5.41, 5.74) is 1.17. The number of aromatic nitrogens is 4. The second-order valence-corrected chi connectivity index (χ2v) is 7.56. The Morgan fingerprint density at radius 1 is 1.23 bits per heavy atom. The lowest BCUT2D eigenvalue weighted by Crippen LogP contribution is -2.27. The summed E-state index contributed by atoms with van der Waals surface area (Å²) < 4.78 is 12.9. The van der Waals surface area contributed by atoms with Crippen molar-refractivity contribution in [1.29, 1.82) is 0 Å². The molecule has 1 amide bonds. The molecule has 0 atom stereocenters. The van der Waals surface area contributed by atoms with Crippen molar-refractivity contribution in [3.63, 3.8) is 0 Å². The fourth-order valence-electron chi connectivity index (χ4n) is 3.05. The average Bonchev–Trinajstić information content (AvgIpc) is 3.23. The Morgan fingerprint density at radius 3 is 2.73 bits per heavy atom. The van der Waals surface area contributed by atoms with Gasteiger partial charge in [0.25, 0.3) is 5.91 Å². The highest BCUT2D eigenvalue weighted by atomic mass is 35.5. The highest BCUT2D eigenvalue weighted by Crippen LogP contribution is 2.25. The number of halogens is 2. The molecule has 1 saturated heterocycles. The maximum absolute atomic E-state index is 12.5. The van der Waals surface area contributed by atoms with Crippen LogP contribution in [0.2, 0.25) is 10.0 Å². The minimum absolute atomic E-state index is 0.0163. The zero-order chi connectivity index (χ0) is 20.9. The fourth-order valence-corrected chi connectivity index (χ4v) is 3.38. The molecule has 156 valence electrons. The predicted molar refractivity (Wildman–Crippen MR) is 111 cm³/mol. The first-order valence-electron chi connectivity index (χ1n) is 9.43. The van der Waals surface area contributed by atoms with Crippen molar-refractivity contribution in [3.8, 4) is 11.6 Å². The summed E-state index contributed by atoms with van der Waals surface area (Å²) in [7, 11) is 0. The minimum Gasteiger partial charge on any atom is -0.473 e. The van der Waals surface area contributed by atoms with Gasteiger partial charge in [-0.2, -0.15) is 0 Å². The summed E-state index contributed by atoms with van der Waals surface area (Å²) in [6.45, 7) is 1.49. The maximum Gasteiger partial charge on any atom is 0.253 e. The van der Waals surface area contributed by atoms with E-state index in [1.54, 1.807) is 29.1 Å². The van der Waals surface area contributed by atoms with E-state index in [4.69, 9.17) is 32.7 Å². The lowest BCUT2D eigenvalue weighted by Gasteiger charge is -2.23. The highest BCUT2D eigenvalue weighted by Gasteiger charge is 2.19. The van der Waals surface area contributed by atoms with Crippen LogP contribution in [0.25, 0.3) is 5.69 Å². The monoisotopic (exact) mass is 447 g/mol. The Kier molecular flexibility index (Phi) is 6.47. The largest absolute Gasteiger partial charge is 0.473 e. The first-order valence-corrected chi connectivity index (χ1v) is 10.2. The van der Waals surface area contributed by atoms with Gasteiger partial charge in [0.2, 0.25) is 5.88 Å². The summed E-state index contributed by atoms with van der Waals surface area (Å²) in [5, 5.41) is 11.7. The van der Waals surface area contributed by atoms with E-state index in [2.05, 4.69) is 20.5 Å². The Morgan fingerprint density at radius 2 is 2.00 bits per heavy atom. The number of ether oxygens (including phenoxy) is 2. The number of carbonyl (C=O) groups excluding carboxylic acids is 1. The van der Waals surface area contributed by atoms with E-state index >= 15 is 0 Å². The van der Waals surface area contributed by atoms with E-state index in [-0.39, 0.29) is 18.6 Å². The van der Waals surface area contributed by atoms with Crippen LogP contribution >= 0.6 is 23.2 Å². The molecule has 0 unspecified atom stereocenters. The zero-order valence-electron chi connectivity index (χ0n) is 15.9. The van der Waals surface area contributed by atoms with Crippen LogP contribution < -0.4 is 10.1 Å². The lowest BCUT2D eigenvalue weighted by atomic mass is 10.1. The normalized spacial score (nSPS) is 14.5. The van der Waals surface area contributed by atoms with E-state index in [1.165, 1.54) is 6.20 Å². The van der Waals surface area contributed by atoms with Crippen LogP contribution in [-0.2, 0) is 11.3 Å². The molecule has 0 bridgehead atoms. The third-order valence-corrected chi connectivity index (χ3v) is 5.17. The summed E-state index contributed by atoms with van der Waals surface area (Å²) in [6.07, 6.45) is 4.61. The van der Waals surface area contributed by atoms with Gasteiger partial charge in [-0.05, 0) is 30.3 Å². The molecular weight excluding hydrogens is 429 g/mol. The van der Waals surface area contributed by atoms with Crippen molar-refractivity contribution in [2.75, 3.05) is 13.2 Å². The van der Waals surface area contributed by atoms with Crippen LogP contribution in [0.3, 0.4) is 0 Å². The number of nitrogens with one attached hydrogen (secondary N) is 1. The second kappa shape index (κ2) is 9.42. The van der Waals surface area contributed by atoms with Crippen molar-refractivity contribution < 1.29 is 14.3 Å². The smallest absolute Gasteiger partial charge is 0.253 e. The Hall–Kier alpha value is -2.68. The number of carbonyl (C=O) groups is 1. The summed E-state index contributed by atoms with van der Waals surface area (Å²) in [6, 6.07) is 8.78. The van der Waals surface area contributed by atoms with E-state index in [1.807, 2.05) is 12.1 Å². The quantitative estimate of drug-likeness (QED) is 0.621. The summed E-state index contributed by atoms with van der Waals surface area (Å²) in [5.74, 6) is 0.569. The van der Waals surface area contributed by atoms with Crippen LogP contribution in [0.4, 0.5) is 0 Å². The maximum atomic E-state index is 12.5. The first-order chi connectivity index (χ1) is 14.6. The van der Waals surface area contributed by atoms with Gasteiger partial charge < -0.3 is 14.8 Å². The molecule has 10 heteroatoms. The average molecular weight is 448 g/mol. The van der Waals surface area contributed by atoms with Crippen LogP contribution in [0, 0.1) is 0 Å². The summed E-state index contributed by atoms with van der Waals surface area (Å²) >= 11 is 12.2. The third-order valence-electron chi connectivity index (χ3n) is 4.65. The van der Waals surface area contributed by atoms with Crippen LogP contribution in [0.5, 0.6) is 5.88 Å². The molecule has 8 nitrogen and oxygen atoms in total. The van der Waals surface area contributed by atoms with Crippen molar-refractivity contribution in [1.82, 2.24) is 25.1 Å². The number of nitrogens with zero attached hydrogens (tertiary/aromatic N) is 4. The molecule has 0 saturated carbocycles. The number of hydrogen-bond acceptors (Lipinski definition) is 6. The highest BCUT2D eigenvalue weighted by molar-refractivity contribution is 6.32. The molecule has 1 fully saturated rings. The fraction of sp³-hybridized carbons (Fsp3) is 0.300. The van der Waals surface area contributed by atoms with Crippen molar-refractivity contribution in [3.05, 3.63) is 64.3 Å². The van der Waals surface area contributed by atoms with Crippen LogP contribution in [0.1, 0.15) is 29.0 Å². The SMILES string of the molecule is O=C(NCc1nncn1-c1ccc(Cl)cc1)c1cnc(OC2CCOCC2)c(Cl)c1. The number of hydrogen-bond donors (Lipinski definition) is 1. The van der Waals surface area contributed by atoms with Gasteiger partial charge in [0.1, 0.15) is 17.5 Å². The Bertz CT molecular complexity index is 1020. The van der Waals surface area contributed by atoms with Gasteiger partial charge in [-0.15, -0.1) is 10.2 Å². The van der Waals surface area contributed by atoms with E-state index in [0.717, 1.165) is 18.5 Å². The topological polar surface area (TPSA) is 91.2 Å². The Labute approximate surface area is 183 Å². The molecule has 0 radical (unpaired) electrons. The Balaban J connectivity index is 1.39. The van der Waals surface area contributed by atoms with Gasteiger partial charge in [-0.1, -0.05) is 23.2 Å². The molecule has 1 N–H and O–H groups in total. The standard InChI is InChI=1S/C20H19Cl2N5O3/c21-14-1-3-15(4-2-14)27-12-25-26-18(27)11-23-19(28)13-9-17(22)20(24-10-13)30-16-5-7-29-8-6-16/h1-4,9-10,12,16H,5-8,11H2,(H,23,28). The van der Waals surface area contributed by atoms with Crippen LogP contribution in [-0.4, -0.2) is 45.0 Å². The van der Waals surface area contributed by atoms with E-state index in [0.29, 0.717) is 40.5 Å². The minimum atomic E-state index is -0.326. The molecule has 3 aromatic rings. The number of benzene rings is 1. The lowest BCUT2D eigenvalue weighted by molar-refractivity contribution is 0.0238. The van der Waals surface area contributed by atoms with E-state index < -0.39 is 0 Å². The second-order valence-electron chi connectivity index (χ2n) is 6.72. The van der Waals surface area contributed by atoms with Gasteiger partial charge in [-0.3, -0.25) is 9.36 Å². The first kappa shape index (κ1) is 20.6. The van der Waals surface area contributed by atoms with E-state index in [9.17, 15) is 4.79 Å². The predicted octanol–water partition coefficient (Wildman–Crippen LogP) is 3.46. The number of rotatable bonds is 6. The molecule has 30 heavy (non-hydrogen) atoms. The molecule has 1 aliphatic heterocycles. The van der Waals surface area contributed by atoms with Crippen LogP contribution in [0.15, 0.2) is 42.9 Å². The zero-order valence-corrected chi connectivity index (χ0v) is 17.4. The molecular formula is C20H19Cl2N5O3. The molecule has 3 heterocycles. The van der Waals surface area contributed by atoms with Crippen molar-refractivity contribution >= 4 is 29.1 Å². The molecule has 0 aliphatic carbocycles. The van der Waals surface area contributed by atoms with Gasteiger partial charge in [0.15, 0.2) is 5.82 Å². The molecule has 2 aromatic heterocycles. The molecule has 0 spiro atoms. The molecule has 4 rings (SSSR count). The molecule has 1 aliphatic rings. The van der Waals surface area contributed by atoms with Crippen molar-refractivity contribution in [2.24, 2.45) is 0 Å². The van der Waals surface area contributed by atoms with Crippen molar-refractivity contribution in [2.45, 2.75) is 25.5 Å². The summed E-state index contributed by atoms with van der Waals surface area (Å²) in [4.78, 5) is 16.8. The number of pyridine rings is 1. The van der Waals surface area contributed by atoms with Gasteiger partial charge >= 0.3 is 0 Å².